The first-order chi connectivity index (χ1) is 12.2. The summed E-state index contributed by atoms with van der Waals surface area (Å²) in [4.78, 5) is 12.0. The number of ether oxygens (including phenoxy) is 2. The van der Waals surface area contributed by atoms with Crippen LogP contribution in [0.15, 0.2) is 30.6 Å². The molecular weight excluding hydrogens is 320 g/mol. The second-order valence-electron chi connectivity index (χ2n) is 5.91. The summed E-state index contributed by atoms with van der Waals surface area (Å²) in [6, 6.07) is 6.01. The normalized spacial score (nSPS) is 13.8. The van der Waals surface area contributed by atoms with Crippen LogP contribution in [0.2, 0.25) is 0 Å². The van der Waals surface area contributed by atoms with Crippen LogP contribution in [0.25, 0.3) is 6.08 Å². The van der Waals surface area contributed by atoms with Gasteiger partial charge in [-0.3, -0.25) is 4.79 Å². The van der Waals surface area contributed by atoms with Crippen molar-refractivity contribution >= 4 is 12.0 Å². The van der Waals surface area contributed by atoms with Crippen LogP contribution in [0.1, 0.15) is 30.3 Å². The van der Waals surface area contributed by atoms with Gasteiger partial charge < -0.3 is 19.4 Å². The summed E-state index contributed by atoms with van der Waals surface area (Å²) in [7, 11) is 3.19. The molecule has 0 bridgehead atoms. The van der Waals surface area contributed by atoms with Crippen molar-refractivity contribution in [1.82, 2.24) is 20.1 Å². The number of nitrogens with zero attached hydrogens (tertiary/aromatic N) is 3. The molecule has 3 rings (SSSR count). The van der Waals surface area contributed by atoms with Crippen LogP contribution >= 0.6 is 0 Å². The molecule has 1 aromatic carbocycles. The van der Waals surface area contributed by atoms with Crippen molar-refractivity contribution in [3.8, 4) is 11.5 Å². The molecule has 0 saturated heterocycles. The zero-order valence-electron chi connectivity index (χ0n) is 14.4. The maximum atomic E-state index is 12.0. The van der Waals surface area contributed by atoms with Gasteiger partial charge >= 0.3 is 0 Å². The van der Waals surface area contributed by atoms with E-state index in [1.807, 2.05) is 12.1 Å². The van der Waals surface area contributed by atoms with Crippen molar-refractivity contribution in [3.05, 3.63) is 42.0 Å². The fraction of sp³-hybridized carbons (Fsp3) is 0.389. The minimum atomic E-state index is -0.153. The molecule has 7 heteroatoms. The number of aromatic nitrogens is 3. The van der Waals surface area contributed by atoms with Crippen molar-refractivity contribution in [2.45, 2.75) is 25.3 Å². The zero-order chi connectivity index (χ0) is 17.6. The van der Waals surface area contributed by atoms with Crippen molar-refractivity contribution in [2.24, 2.45) is 0 Å². The molecule has 1 heterocycles. The number of benzene rings is 1. The summed E-state index contributed by atoms with van der Waals surface area (Å²) in [5.74, 6) is 2.13. The number of rotatable bonds is 8. The zero-order valence-corrected chi connectivity index (χ0v) is 14.4. The average Bonchev–Trinajstić information content (AvgIpc) is 3.38. The van der Waals surface area contributed by atoms with Gasteiger partial charge in [-0.25, -0.2) is 0 Å². The fourth-order valence-electron chi connectivity index (χ4n) is 2.56. The quantitative estimate of drug-likeness (QED) is 0.743. The summed E-state index contributed by atoms with van der Waals surface area (Å²) in [5, 5.41) is 10.9. The lowest BCUT2D eigenvalue weighted by Crippen LogP contribution is -2.24. The maximum absolute atomic E-state index is 12.0. The summed E-state index contributed by atoms with van der Waals surface area (Å²) in [5.41, 5.74) is 0.833. The molecule has 0 spiro atoms. The average molecular weight is 342 g/mol. The first-order valence-electron chi connectivity index (χ1n) is 8.27. The third-order valence-electron chi connectivity index (χ3n) is 4.04. The number of hydrogen-bond acceptors (Lipinski definition) is 5. The first kappa shape index (κ1) is 17.0. The Morgan fingerprint density at radius 2 is 2.00 bits per heavy atom. The largest absolute Gasteiger partial charge is 0.497 e. The Morgan fingerprint density at radius 3 is 2.64 bits per heavy atom. The van der Waals surface area contributed by atoms with Gasteiger partial charge in [-0.2, -0.15) is 0 Å². The highest BCUT2D eigenvalue weighted by Gasteiger charge is 2.25. The summed E-state index contributed by atoms with van der Waals surface area (Å²) in [6.45, 7) is 0.524. The number of methoxy groups -OCH3 is 2. The van der Waals surface area contributed by atoms with Gasteiger partial charge in [0.1, 0.15) is 23.7 Å². The molecule has 0 radical (unpaired) electrons. The van der Waals surface area contributed by atoms with E-state index in [2.05, 4.69) is 20.1 Å². The Kier molecular flexibility index (Phi) is 5.33. The van der Waals surface area contributed by atoms with E-state index in [1.54, 1.807) is 32.7 Å². The molecule has 132 valence electrons. The number of amides is 1. The van der Waals surface area contributed by atoms with Crippen LogP contribution in [0.5, 0.6) is 11.5 Å². The van der Waals surface area contributed by atoms with Gasteiger partial charge in [0.15, 0.2) is 0 Å². The molecule has 1 aliphatic carbocycles. The molecule has 0 unspecified atom stereocenters. The molecule has 1 aromatic heterocycles. The number of carbonyl (C=O) groups is 1. The highest BCUT2D eigenvalue weighted by molar-refractivity contribution is 5.91. The van der Waals surface area contributed by atoms with Crippen LogP contribution in [-0.4, -0.2) is 41.4 Å². The summed E-state index contributed by atoms with van der Waals surface area (Å²) < 4.78 is 12.5. The van der Waals surface area contributed by atoms with Gasteiger partial charge in [-0.05, 0) is 36.6 Å². The molecule has 25 heavy (non-hydrogen) atoms. The van der Waals surface area contributed by atoms with E-state index < -0.39 is 0 Å². The third-order valence-corrected chi connectivity index (χ3v) is 4.04. The van der Waals surface area contributed by atoms with Gasteiger partial charge in [0.05, 0.1) is 14.2 Å². The summed E-state index contributed by atoms with van der Waals surface area (Å²) >= 11 is 0. The van der Waals surface area contributed by atoms with Crippen molar-refractivity contribution in [2.75, 3.05) is 20.8 Å². The molecule has 2 aromatic rings. The van der Waals surface area contributed by atoms with Gasteiger partial charge in [0.25, 0.3) is 0 Å². The second-order valence-corrected chi connectivity index (χ2v) is 5.91. The fourth-order valence-corrected chi connectivity index (χ4v) is 2.56. The van der Waals surface area contributed by atoms with Crippen molar-refractivity contribution < 1.29 is 14.3 Å². The minimum Gasteiger partial charge on any atom is -0.497 e. The number of hydrogen-bond donors (Lipinski definition) is 1. The molecule has 0 atom stereocenters. The van der Waals surface area contributed by atoms with Gasteiger partial charge in [0.2, 0.25) is 5.91 Å². The smallest absolute Gasteiger partial charge is 0.244 e. The van der Waals surface area contributed by atoms with Gasteiger partial charge in [-0.15, -0.1) is 10.2 Å². The lowest BCUT2D eigenvalue weighted by molar-refractivity contribution is -0.116. The van der Waals surface area contributed by atoms with E-state index in [0.29, 0.717) is 30.5 Å². The van der Waals surface area contributed by atoms with E-state index in [-0.39, 0.29) is 5.91 Å². The molecule has 1 N–H and O–H groups in total. The molecule has 1 aliphatic rings. The van der Waals surface area contributed by atoms with E-state index in [1.165, 1.54) is 18.9 Å². The van der Waals surface area contributed by atoms with Crippen molar-refractivity contribution in [1.29, 1.82) is 0 Å². The Morgan fingerprint density at radius 1 is 1.28 bits per heavy atom. The molecule has 1 amide bonds. The monoisotopic (exact) mass is 342 g/mol. The highest BCUT2D eigenvalue weighted by atomic mass is 16.5. The topological polar surface area (TPSA) is 78.3 Å². The first-order valence-corrected chi connectivity index (χ1v) is 8.27. The number of carbonyl (C=O) groups excluding carboxylic acids is 1. The Hall–Kier alpha value is -2.83. The lowest BCUT2D eigenvalue weighted by Gasteiger charge is -2.06. The van der Waals surface area contributed by atoms with Gasteiger partial charge in [0, 0.05) is 31.1 Å². The SMILES string of the molecule is COc1cc(C=CC(=O)NCCc2nncn2C2CC2)cc(OC)c1. The molecule has 1 saturated carbocycles. The lowest BCUT2D eigenvalue weighted by atomic mass is 10.2. The van der Waals surface area contributed by atoms with Crippen LogP contribution in [-0.2, 0) is 11.2 Å². The Balaban J connectivity index is 1.52. The standard InChI is InChI=1S/C18H22N4O3/c1-24-15-9-13(10-16(11-15)25-2)3-6-18(23)19-8-7-17-21-20-12-22(17)14-4-5-14/h3,6,9-12,14H,4-5,7-8H2,1-2H3,(H,19,23). The highest BCUT2D eigenvalue weighted by Crippen LogP contribution is 2.35. The predicted molar refractivity (Wildman–Crippen MR) is 93.6 cm³/mol. The van der Waals surface area contributed by atoms with Crippen LogP contribution in [0, 0.1) is 0 Å². The molecule has 7 nitrogen and oxygen atoms in total. The maximum Gasteiger partial charge on any atom is 0.244 e. The van der Waals surface area contributed by atoms with Crippen LogP contribution in [0.3, 0.4) is 0 Å². The van der Waals surface area contributed by atoms with E-state index in [0.717, 1.165) is 11.4 Å². The van der Waals surface area contributed by atoms with Gasteiger partial charge in [-0.1, -0.05) is 0 Å². The number of nitrogens with one attached hydrogen (secondary N) is 1. The van der Waals surface area contributed by atoms with E-state index in [4.69, 9.17) is 9.47 Å². The Labute approximate surface area is 146 Å². The molecule has 1 fully saturated rings. The van der Waals surface area contributed by atoms with E-state index >= 15 is 0 Å². The third kappa shape index (κ3) is 4.59. The van der Waals surface area contributed by atoms with Crippen LogP contribution in [0.4, 0.5) is 0 Å². The molecule has 0 aliphatic heterocycles. The van der Waals surface area contributed by atoms with Crippen molar-refractivity contribution in [3.63, 3.8) is 0 Å². The second kappa shape index (κ2) is 7.83. The Bertz CT molecular complexity index is 743. The predicted octanol–water partition coefficient (Wildman–Crippen LogP) is 2.00. The molecular formula is C18H22N4O3. The van der Waals surface area contributed by atoms with Crippen LogP contribution < -0.4 is 14.8 Å². The summed E-state index contributed by atoms with van der Waals surface area (Å²) in [6.07, 6.45) is 8.04. The minimum absolute atomic E-state index is 0.153. The van der Waals surface area contributed by atoms with E-state index in [9.17, 15) is 4.79 Å².